The van der Waals surface area contributed by atoms with Crippen LogP contribution in [0, 0.1) is 6.92 Å². The molecule has 3 aromatic rings. The minimum atomic E-state index is 0.0385. The summed E-state index contributed by atoms with van der Waals surface area (Å²) in [5.74, 6) is 0.0385. The summed E-state index contributed by atoms with van der Waals surface area (Å²) in [6.45, 7) is 4.22. The van der Waals surface area contributed by atoms with Crippen molar-refractivity contribution in [3.63, 3.8) is 0 Å². The molecule has 0 aliphatic carbocycles. The maximum absolute atomic E-state index is 12.9. The zero-order chi connectivity index (χ0) is 18.6. The van der Waals surface area contributed by atoms with Gasteiger partial charge >= 0.3 is 0 Å². The van der Waals surface area contributed by atoms with Gasteiger partial charge in [-0.05, 0) is 41.7 Å². The fourth-order valence-corrected chi connectivity index (χ4v) is 3.51. The van der Waals surface area contributed by atoms with Crippen molar-refractivity contribution in [3.05, 3.63) is 94.8 Å². The second kappa shape index (κ2) is 7.62. The van der Waals surface area contributed by atoms with Crippen molar-refractivity contribution in [2.24, 2.45) is 0 Å². The van der Waals surface area contributed by atoms with Crippen LogP contribution in [0.4, 0.5) is 5.69 Å². The van der Waals surface area contributed by atoms with Crippen molar-refractivity contribution in [1.29, 1.82) is 0 Å². The topological polar surface area (TPSA) is 45.2 Å². The smallest absolute Gasteiger partial charge is 0.255 e. The molecule has 1 aliphatic rings. The molecule has 0 radical (unpaired) electrons. The van der Waals surface area contributed by atoms with Crippen molar-refractivity contribution in [1.82, 2.24) is 9.88 Å². The molecule has 136 valence electrons. The van der Waals surface area contributed by atoms with E-state index in [1.165, 1.54) is 22.3 Å². The molecule has 1 N–H and O–H groups in total. The number of fused-ring (bicyclic) bond motifs is 1. The highest BCUT2D eigenvalue weighted by molar-refractivity contribution is 5.94. The Morgan fingerprint density at radius 3 is 2.70 bits per heavy atom. The highest BCUT2D eigenvalue weighted by Gasteiger charge is 2.21. The van der Waals surface area contributed by atoms with Gasteiger partial charge in [0.1, 0.15) is 0 Å². The van der Waals surface area contributed by atoms with Gasteiger partial charge in [-0.2, -0.15) is 0 Å². The number of nitrogens with zero attached hydrogens (tertiary/aromatic N) is 2. The number of hydrogen-bond donors (Lipinski definition) is 1. The number of carbonyl (C=O) groups is 1. The predicted octanol–water partition coefficient (Wildman–Crippen LogP) is 4.20. The van der Waals surface area contributed by atoms with Gasteiger partial charge in [0, 0.05) is 32.0 Å². The number of nitrogens with one attached hydrogen (secondary N) is 1. The second-order valence-corrected chi connectivity index (χ2v) is 6.99. The Bertz CT molecular complexity index is 967. The van der Waals surface area contributed by atoms with E-state index in [1.54, 1.807) is 12.4 Å². The standard InChI is InChI=1S/C23H23N3O/c1-17-6-2-3-8-19(17)14-25-22-12-21(13-24-15-22)23(27)26-11-10-18-7-4-5-9-20(18)16-26/h2-9,12-13,15,25H,10-11,14,16H2,1H3. The number of anilines is 1. The van der Waals surface area contributed by atoms with Crippen molar-refractivity contribution in [2.75, 3.05) is 11.9 Å². The summed E-state index contributed by atoms with van der Waals surface area (Å²) in [5, 5.41) is 3.38. The highest BCUT2D eigenvalue weighted by Crippen LogP contribution is 2.21. The molecule has 0 saturated carbocycles. The molecule has 0 atom stereocenters. The first-order chi connectivity index (χ1) is 13.2. The van der Waals surface area contributed by atoms with E-state index in [0.717, 1.165) is 18.7 Å². The van der Waals surface area contributed by atoms with Gasteiger partial charge in [-0.3, -0.25) is 9.78 Å². The van der Waals surface area contributed by atoms with E-state index in [1.807, 2.05) is 29.2 Å². The molecule has 0 fully saturated rings. The van der Waals surface area contributed by atoms with Crippen LogP contribution in [-0.2, 0) is 19.5 Å². The van der Waals surface area contributed by atoms with E-state index in [2.05, 4.69) is 47.6 Å². The maximum atomic E-state index is 12.9. The quantitative estimate of drug-likeness (QED) is 0.761. The molecule has 4 rings (SSSR count). The van der Waals surface area contributed by atoms with Gasteiger partial charge in [0.05, 0.1) is 11.3 Å². The Balaban J connectivity index is 1.46. The number of aromatic nitrogens is 1. The molecule has 2 heterocycles. The lowest BCUT2D eigenvalue weighted by Crippen LogP contribution is -2.36. The summed E-state index contributed by atoms with van der Waals surface area (Å²) in [4.78, 5) is 19.1. The summed E-state index contributed by atoms with van der Waals surface area (Å²) < 4.78 is 0. The molecule has 4 heteroatoms. The third kappa shape index (κ3) is 3.85. The zero-order valence-corrected chi connectivity index (χ0v) is 15.5. The average Bonchev–Trinajstić information content (AvgIpc) is 2.72. The van der Waals surface area contributed by atoms with Gasteiger partial charge in [0.2, 0.25) is 0 Å². The summed E-state index contributed by atoms with van der Waals surface area (Å²) in [5.41, 5.74) is 6.55. The van der Waals surface area contributed by atoms with E-state index < -0.39 is 0 Å². The number of amides is 1. The van der Waals surface area contributed by atoms with Crippen LogP contribution in [-0.4, -0.2) is 22.3 Å². The normalized spacial score (nSPS) is 13.1. The first-order valence-electron chi connectivity index (χ1n) is 9.30. The largest absolute Gasteiger partial charge is 0.380 e. The molecule has 0 unspecified atom stereocenters. The van der Waals surface area contributed by atoms with Crippen molar-refractivity contribution >= 4 is 11.6 Å². The van der Waals surface area contributed by atoms with Crippen LogP contribution < -0.4 is 5.32 Å². The number of carbonyl (C=O) groups excluding carboxylic acids is 1. The first-order valence-corrected chi connectivity index (χ1v) is 9.30. The van der Waals surface area contributed by atoms with Crippen LogP contribution in [0.3, 0.4) is 0 Å². The van der Waals surface area contributed by atoms with Crippen LogP contribution in [0.5, 0.6) is 0 Å². The Kier molecular flexibility index (Phi) is 4.88. The Hall–Kier alpha value is -3.14. The molecule has 0 spiro atoms. The van der Waals surface area contributed by atoms with Crippen LogP contribution >= 0.6 is 0 Å². The predicted molar refractivity (Wildman–Crippen MR) is 108 cm³/mol. The van der Waals surface area contributed by atoms with Crippen molar-refractivity contribution in [2.45, 2.75) is 26.4 Å². The van der Waals surface area contributed by atoms with Crippen LogP contribution in [0.2, 0.25) is 0 Å². The number of pyridine rings is 1. The third-order valence-electron chi connectivity index (χ3n) is 5.15. The molecule has 1 aromatic heterocycles. The van der Waals surface area contributed by atoms with Gasteiger partial charge in [0.15, 0.2) is 0 Å². The van der Waals surface area contributed by atoms with Crippen LogP contribution in [0.25, 0.3) is 0 Å². The number of hydrogen-bond acceptors (Lipinski definition) is 3. The van der Waals surface area contributed by atoms with E-state index >= 15 is 0 Å². The van der Waals surface area contributed by atoms with Gasteiger partial charge in [-0.1, -0.05) is 48.5 Å². The van der Waals surface area contributed by atoms with Gasteiger partial charge < -0.3 is 10.2 Å². The fraction of sp³-hybridized carbons (Fsp3) is 0.217. The summed E-state index contributed by atoms with van der Waals surface area (Å²) in [7, 11) is 0. The fourth-order valence-electron chi connectivity index (χ4n) is 3.51. The average molecular weight is 357 g/mol. The SMILES string of the molecule is Cc1ccccc1CNc1cncc(C(=O)N2CCc3ccccc3C2)c1. The summed E-state index contributed by atoms with van der Waals surface area (Å²) in [6, 6.07) is 18.5. The lowest BCUT2D eigenvalue weighted by atomic mass is 9.99. The minimum Gasteiger partial charge on any atom is -0.380 e. The van der Waals surface area contributed by atoms with Crippen LogP contribution in [0.1, 0.15) is 32.6 Å². The zero-order valence-electron chi connectivity index (χ0n) is 15.5. The molecule has 27 heavy (non-hydrogen) atoms. The number of aryl methyl sites for hydroxylation is 1. The molecular weight excluding hydrogens is 334 g/mol. The Morgan fingerprint density at radius 2 is 1.85 bits per heavy atom. The Labute approximate surface area is 159 Å². The molecular formula is C23H23N3O. The number of benzene rings is 2. The summed E-state index contributed by atoms with van der Waals surface area (Å²) >= 11 is 0. The van der Waals surface area contributed by atoms with Crippen LogP contribution in [0.15, 0.2) is 67.0 Å². The third-order valence-corrected chi connectivity index (χ3v) is 5.15. The molecule has 4 nitrogen and oxygen atoms in total. The second-order valence-electron chi connectivity index (χ2n) is 6.99. The first kappa shape index (κ1) is 17.3. The monoisotopic (exact) mass is 357 g/mol. The molecule has 0 bridgehead atoms. The molecule has 2 aromatic carbocycles. The highest BCUT2D eigenvalue weighted by atomic mass is 16.2. The van der Waals surface area contributed by atoms with E-state index in [4.69, 9.17) is 0 Å². The van der Waals surface area contributed by atoms with Gasteiger partial charge in [-0.15, -0.1) is 0 Å². The maximum Gasteiger partial charge on any atom is 0.255 e. The van der Waals surface area contributed by atoms with Crippen molar-refractivity contribution in [3.8, 4) is 0 Å². The minimum absolute atomic E-state index is 0.0385. The van der Waals surface area contributed by atoms with Gasteiger partial charge in [-0.25, -0.2) is 0 Å². The van der Waals surface area contributed by atoms with E-state index in [0.29, 0.717) is 18.7 Å². The molecule has 0 saturated heterocycles. The lowest BCUT2D eigenvalue weighted by Gasteiger charge is -2.29. The van der Waals surface area contributed by atoms with Crippen molar-refractivity contribution < 1.29 is 4.79 Å². The Morgan fingerprint density at radius 1 is 1.07 bits per heavy atom. The molecule has 1 amide bonds. The summed E-state index contributed by atoms with van der Waals surface area (Å²) in [6.07, 6.45) is 4.32. The van der Waals surface area contributed by atoms with E-state index in [-0.39, 0.29) is 5.91 Å². The van der Waals surface area contributed by atoms with Gasteiger partial charge in [0.25, 0.3) is 5.91 Å². The lowest BCUT2D eigenvalue weighted by molar-refractivity contribution is 0.0734. The number of rotatable bonds is 4. The van der Waals surface area contributed by atoms with E-state index in [9.17, 15) is 4.79 Å². The molecule has 1 aliphatic heterocycles.